The molecule has 2 amide bonds. The lowest BCUT2D eigenvalue weighted by Crippen LogP contribution is -2.47. The van der Waals surface area contributed by atoms with Gasteiger partial charge in [-0.1, -0.05) is 13.8 Å². The Morgan fingerprint density at radius 2 is 1.88 bits per heavy atom. The zero-order valence-electron chi connectivity index (χ0n) is 13.5. The van der Waals surface area contributed by atoms with Crippen LogP contribution in [0.1, 0.15) is 13.8 Å². The highest BCUT2D eigenvalue weighted by atomic mass is 35.5. The number of carbonyl (C=O) groups is 2. The summed E-state index contributed by atoms with van der Waals surface area (Å²) in [4.78, 5) is 23.1. The third-order valence-electron chi connectivity index (χ3n) is 3.03. The second-order valence-corrected chi connectivity index (χ2v) is 5.26. The minimum absolute atomic E-state index is 0. The van der Waals surface area contributed by atoms with Crippen LogP contribution in [0.4, 0.5) is 8.78 Å². The number of carbonyl (C=O) groups excluding carboxylic acids is 2. The van der Waals surface area contributed by atoms with E-state index in [1.807, 2.05) is 0 Å². The van der Waals surface area contributed by atoms with E-state index in [1.165, 1.54) is 6.07 Å². The molecule has 1 aromatic rings. The summed E-state index contributed by atoms with van der Waals surface area (Å²) < 4.78 is 30.8. The first kappa shape index (κ1) is 22.1. The van der Waals surface area contributed by atoms with Gasteiger partial charge in [0.2, 0.25) is 11.8 Å². The Balaban J connectivity index is 0.00000529. The second kappa shape index (κ2) is 10.8. The molecule has 24 heavy (non-hydrogen) atoms. The Kier molecular flexibility index (Phi) is 9.91. The Morgan fingerprint density at radius 1 is 1.21 bits per heavy atom. The maximum atomic E-state index is 12.9. The molecule has 0 aliphatic carbocycles. The summed E-state index contributed by atoms with van der Waals surface area (Å²) >= 11 is 0. The number of benzene rings is 1. The summed E-state index contributed by atoms with van der Waals surface area (Å²) in [6.07, 6.45) is 0. The molecular weight excluding hydrogens is 344 g/mol. The van der Waals surface area contributed by atoms with Crippen molar-refractivity contribution in [3.8, 4) is 5.75 Å². The minimum atomic E-state index is -1.00. The summed E-state index contributed by atoms with van der Waals surface area (Å²) in [7, 11) is 0. The van der Waals surface area contributed by atoms with E-state index in [4.69, 9.17) is 10.5 Å². The van der Waals surface area contributed by atoms with Gasteiger partial charge in [0.15, 0.2) is 11.6 Å². The zero-order chi connectivity index (χ0) is 17.4. The van der Waals surface area contributed by atoms with Gasteiger partial charge in [-0.05, 0) is 18.1 Å². The molecular formula is C15H22ClF2N3O3. The Labute approximate surface area is 145 Å². The number of halogens is 3. The molecule has 0 spiro atoms. The molecule has 0 bridgehead atoms. The zero-order valence-corrected chi connectivity index (χ0v) is 14.3. The summed E-state index contributed by atoms with van der Waals surface area (Å²) in [6.45, 7) is 3.66. The molecule has 0 saturated carbocycles. The van der Waals surface area contributed by atoms with E-state index < -0.39 is 29.5 Å². The van der Waals surface area contributed by atoms with Crippen LogP contribution >= 0.6 is 12.4 Å². The van der Waals surface area contributed by atoms with E-state index in [0.717, 1.165) is 12.1 Å². The van der Waals surface area contributed by atoms with E-state index in [1.54, 1.807) is 13.8 Å². The minimum Gasteiger partial charge on any atom is -0.492 e. The van der Waals surface area contributed by atoms with E-state index in [0.29, 0.717) is 0 Å². The Bertz CT molecular complexity index is 559. The third-order valence-corrected chi connectivity index (χ3v) is 3.03. The van der Waals surface area contributed by atoms with Crippen LogP contribution in [-0.2, 0) is 9.59 Å². The van der Waals surface area contributed by atoms with Crippen molar-refractivity contribution >= 4 is 24.2 Å². The first-order valence-corrected chi connectivity index (χ1v) is 7.19. The number of hydrogen-bond donors (Lipinski definition) is 3. The predicted molar refractivity (Wildman–Crippen MR) is 87.9 cm³/mol. The molecule has 1 aromatic carbocycles. The molecule has 0 fully saturated rings. The van der Waals surface area contributed by atoms with Gasteiger partial charge in [0.25, 0.3) is 0 Å². The van der Waals surface area contributed by atoms with Gasteiger partial charge < -0.3 is 21.1 Å². The second-order valence-electron chi connectivity index (χ2n) is 5.26. The number of nitrogens with two attached hydrogens (primary N) is 1. The van der Waals surface area contributed by atoms with Crippen LogP contribution in [-0.4, -0.2) is 37.6 Å². The molecule has 136 valence electrons. The monoisotopic (exact) mass is 365 g/mol. The van der Waals surface area contributed by atoms with E-state index in [-0.39, 0.29) is 43.8 Å². The van der Waals surface area contributed by atoms with Crippen LogP contribution in [0.2, 0.25) is 0 Å². The van der Waals surface area contributed by atoms with Gasteiger partial charge in [0.05, 0.1) is 19.1 Å². The fourth-order valence-electron chi connectivity index (χ4n) is 1.58. The summed E-state index contributed by atoms with van der Waals surface area (Å²) in [5.41, 5.74) is 5.63. The lowest BCUT2D eigenvalue weighted by atomic mass is 10.1. The molecule has 0 aromatic heterocycles. The molecule has 0 aliphatic rings. The smallest absolute Gasteiger partial charge is 0.239 e. The van der Waals surface area contributed by atoms with Crippen molar-refractivity contribution in [1.29, 1.82) is 0 Å². The number of amides is 2. The highest BCUT2D eigenvalue weighted by Gasteiger charge is 2.17. The van der Waals surface area contributed by atoms with Gasteiger partial charge in [0, 0.05) is 6.07 Å². The van der Waals surface area contributed by atoms with E-state index >= 15 is 0 Å². The standard InChI is InChI=1S/C15H21F2N3O3.ClH/c1-9(2)14(18)15(22)20-8-13(21)19-5-6-23-10-3-4-11(16)12(17)7-10;/h3-4,7,9,14H,5-6,8,18H2,1-2H3,(H,19,21)(H,20,22);1H/t14-;/m0./s1. The van der Waals surface area contributed by atoms with Gasteiger partial charge in [-0.15, -0.1) is 12.4 Å². The maximum absolute atomic E-state index is 12.9. The normalized spacial score (nSPS) is 11.4. The number of nitrogens with one attached hydrogen (secondary N) is 2. The summed E-state index contributed by atoms with van der Waals surface area (Å²) in [6, 6.07) is 2.49. The molecule has 1 atom stereocenters. The highest BCUT2D eigenvalue weighted by Crippen LogP contribution is 2.14. The van der Waals surface area contributed by atoms with Crippen LogP contribution < -0.4 is 21.1 Å². The first-order valence-electron chi connectivity index (χ1n) is 7.19. The molecule has 9 heteroatoms. The number of rotatable bonds is 8. The average Bonchev–Trinajstić information content (AvgIpc) is 2.51. The molecule has 0 radical (unpaired) electrons. The molecule has 0 unspecified atom stereocenters. The largest absolute Gasteiger partial charge is 0.492 e. The van der Waals surface area contributed by atoms with Crippen LogP contribution in [0.15, 0.2) is 18.2 Å². The van der Waals surface area contributed by atoms with Gasteiger partial charge >= 0.3 is 0 Å². The van der Waals surface area contributed by atoms with E-state index in [2.05, 4.69) is 10.6 Å². The van der Waals surface area contributed by atoms with Gasteiger partial charge in [0.1, 0.15) is 12.4 Å². The van der Waals surface area contributed by atoms with Crippen molar-refractivity contribution in [1.82, 2.24) is 10.6 Å². The number of ether oxygens (including phenoxy) is 1. The van der Waals surface area contributed by atoms with Crippen molar-refractivity contribution in [2.45, 2.75) is 19.9 Å². The molecule has 6 nitrogen and oxygen atoms in total. The van der Waals surface area contributed by atoms with Crippen molar-refractivity contribution < 1.29 is 23.1 Å². The van der Waals surface area contributed by atoms with Gasteiger partial charge in [-0.25, -0.2) is 8.78 Å². The van der Waals surface area contributed by atoms with Gasteiger partial charge in [-0.3, -0.25) is 9.59 Å². The van der Waals surface area contributed by atoms with E-state index in [9.17, 15) is 18.4 Å². The topological polar surface area (TPSA) is 93.5 Å². The molecule has 4 N–H and O–H groups in total. The highest BCUT2D eigenvalue weighted by molar-refractivity contribution is 5.87. The molecule has 0 aliphatic heterocycles. The molecule has 0 heterocycles. The van der Waals surface area contributed by atoms with Crippen LogP contribution in [0, 0.1) is 17.6 Å². The van der Waals surface area contributed by atoms with Crippen LogP contribution in [0.3, 0.4) is 0 Å². The van der Waals surface area contributed by atoms with Crippen LogP contribution in [0.5, 0.6) is 5.75 Å². The SMILES string of the molecule is CC(C)[C@H](N)C(=O)NCC(=O)NCCOc1ccc(F)c(F)c1.Cl. The van der Waals surface area contributed by atoms with Gasteiger partial charge in [-0.2, -0.15) is 0 Å². The van der Waals surface area contributed by atoms with Crippen LogP contribution in [0.25, 0.3) is 0 Å². The summed E-state index contributed by atoms with van der Waals surface area (Å²) in [5, 5.41) is 4.94. The fraction of sp³-hybridized carbons (Fsp3) is 0.467. The predicted octanol–water partition coefficient (Wildman–Crippen LogP) is 0.981. The fourth-order valence-corrected chi connectivity index (χ4v) is 1.58. The Morgan fingerprint density at radius 3 is 2.46 bits per heavy atom. The summed E-state index contributed by atoms with van der Waals surface area (Å²) in [5.74, 6) is -2.62. The maximum Gasteiger partial charge on any atom is 0.239 e. The van der Waals surface area contributed by atoms with Crippen molar-refractivity contribution in [3.05, 3.63) is 29.8 Å². The third kappa shape index (κ3) is 7.56. The quantitative estimate of drug-likeness (QED) is 0.599. The molecule has 1 rings (SSSR count). The number of hydrogen-bond acceptors (Lipinski definition) is 4. The van der Waals surface area contributed by atoms with Crippen molar-refractivity contribution in [2.75, 3.05) is 19.7 Å². The lowest BCUT2D eigenvalue weighted by Gasteiger charge is -2.15. The molecule has 0 saturated heterocycles. The lowest BCUT2D eigenvalue weighted by molar-refractivity contribution is -0.127. The van der Waals surface area contributed by atoms with Crippen molar-refractivity contribution in [3.63, 3.8) is 0 Å². The van der Waals surface area contributed by atoms with Crippen molar-refractivity contribution in [2.24, 2.45) is 11.7 Å². The first-order chi connectivity index (χ1) is 10.8. The average molecular weight is 366 g/mol. The Hall–Kier alpha value is -1.93.